The third-order valence-electron chi connectivity index (χ3n) is 7.82. The molecule has 3 aromatic heterocycles. The van der Waals surface area contributed by atoms with Gasteiger partial charge in [-0.15, -0.1) is 0 Å². The van der Waals surface area contributed by atoms with E-state index in [4.69, 9.17) is 4.74 Å². The van der Waals surface area contributed by atoms with E-state index >= 15 is 0 Å². The van der Waals surface area contributed by atoms with Gasteiger partial charge in [-0.05, 0) is 61.1 Å². The maximum absolute atomic E-state index is 12.8. The minimum absolute atomic E-state index is 0.0258. The molecule has 202 valence electrons. The molecule has 0 radical (unpaired) electrons. The number of hydrogen-bond donors (Lipinski definition) is 2. The Labute approximate surface area is 227 Å². The molecule has 0 unspecified atom stereocenters. The second kappa shape index (κ2) is 10.1. The van der Waals surface area contributed by atoms with Crippen LogP contribution >= 0.6 is 0 Å². The number of anilines is 1. The normalized spacial score (nSPS) is 15.6. The number of nitrogens with zero attached hydrogens (tertiary/aromatic N) is 3. The monoisotopic (exact) mass is 544 g/mol. The van der Waals surface area contributed by atoms with E-state index in [0.29, 0.717) is 17.1 Å². The van der Waals surface area contributed by atoms with Crippen LogP contribution in [0.2, 0.25) is 0 Å². The fourth-order valence-electron chi connectivity index (χ4n) is 5.89. The molecule has 1 fully saturated rings. The van der Waals surface area contributed by atoms with Crippen molar-refractivity contribution < 1.29 is 18.3 Å². The van der Waals surface area contributed by atoms with Crippen LogP contribution < -0.4 is 4.72 Å². The van der Waals surface area contributed by atoms with Crippen LogP contribution in [0.4, 0.5) is 5.69 Å². The fraction of sp³-hybridized carbons (Fsp3) is 0.300. The van der Waals surface area contributed by atoms with Gasteiger partial charge in [0.1, 0.15) is 5.52 Å². The lowest BCUT2D eigenvalue weighted by Gasteiger charge is -2.32. The first-order valence-corrected chi connectivity index (χ1v) is 14.9. The van der Waals surface area contributed by atoms with E-state index in [1.165, 1.54) is 5.56 Å². The van der Waals surface area contributed by atoms with Crippen molar-refractivity contribution in [3.63, 3.8) is 0 Å². The Morgan fingerprint density at radius 2 is 1.87 bits per heavy atom. The maximum atomic E-state index is 12.8. The third kappa shape index (κ3) is 4.66. The summed E-state index contributed by atoms with van der Waals surface area (Å²) in [6.07, 6.45) is 7.50. The van der Waals surface area contributed by atoms with Gasteiger partial charge in [0.25, 0.3) is 0 Å². The smallest absolute Gasteiger partial charge is 0.236 e. The minimum Gasteiger partial charge on any atom is -0.492 e. The van der Waals surface area contributed by atoms with Gasteiger partial charge in [-0.3, -0.25) is 4.72 Å². The Balaban J connectivity index is 1.61. The van der Waals surface area contributed by atoms with Crippen molar-refractivity contribution in [2.45, 2.75) is 25.8 Å². The number of sulfonamides is 1. The summed E-state index contributed by atoms with van der Waals surface area (Å²) in [5.41, 5.74) is 5.06. The van der Waals surface area contributed by atoms with Gasteiger partial charge >= 0.3 is 0 Å². The lowest BCUT2D eigenvalue weighted by Crippen LogP contribution is -2.26. The van der Waals surface area contributed by atoms with Gasteiger partial charge in [0.2, 0.25) is 15.9 Å². The number of rotatable bonds is 7. The van der Waals surface area contributed by atoms with Gasteiger partial charge in [-0.1, -0.05) is 30.3 Å². The van der Waals surface area contributed by atoms with Gasteiger partial charge in [-0.2, -0.15) is 0 Å². The molecule has 0 bridgehead atoms. The largest absolute Gasteiger partial charge is 0.492 e. The highest BCUT2D eigenvalue weighted by molar-refractivity contribution is 7.92. The van der Waals surface area contributed by atoms with E-state index < -0.39 is 10.0 Å². The number of pyridine rings is 1. The zero-order chi connectivity index (χ0) is 27.1. The van der Waals surface area contributed by atoms with Gasteiger partial charge < -0.3 is 19.0 Å². The first kappa shape index (κ1) is 25.5. The lowest BCUT2D eigenvalue weighted by atomic mass is 9.86. The minimum atomic E-state index is -3.52. The molecule has 0 aliphatic carbocycles. The molecule has 9 heteroatoms. The van der Waals surface area contributed by atoms with E-state index in [0.717, 1.165) is 53.5 Å². The molecule has 2 N–H and O–H groups in total. The SMILES string of the molecule is CCS(=O)(=O)Nc1cc(-c2cn(C)c3c(O)nccc23)cc2c1ccn2[C@H](c1ccccc1)C1CCOCC1. The predicted molar refractivity (Wildman–Crippen MR) is 155 cm³/mol. The van der Waals surface area contributed by atoms with Crippen LogP contribution in [0.5, 0.6) is 5.88 Å². The Bertz CT molecular complexity index is 1750. The molecule has 1 atom stereocenters. The van der Waals surface area contributed by atoms with Crippen molar-refractivity contribution in [1.82, 2.24) is 14.1 Å². The summed E-state index contributed by atoms with van der Waals surface area (Å²) in [5, 5.41) is 12.1. The fourth-order valence-corrected chi connectivity index (χ4v) is 6.54. The molecule has 2 aromatic carbocycles. The summed E-state index contributed by atoms with van der Waals surface area (Å²) in [7, 11) is -1.65. The summed E-state index contributed by atoms with van der Waals surface area (Å²) in [6, 6.07) is 18.4. The maximum Gasteiger partial charge on any atom is 0.236 e. The second-order valence-electron chi connectivity index (χ2n) is 10.2. The van der Waals surface area contributed by atoms with Gasteiger partial charge in [0, 0.05) is 55.2 Å². The van der Waals surface area contributed by atoms with Crippen LogP contribution in [0, 0.1) is 5.92 Å². The zero-order valence-corrected chi connectivity index (χ0v) is 22.9. The highest BCUT2D eigenvalue weighted by Crippen LogP contribution is 2.41. The standard InChI is InChI=1S/C30H32N4O4S/c1-3-39(36,37)32-26-17-22(25-19-33(2)29-23(25)9-13-31-30(29)35)18-27-24(26)10-14-34(27)28(20-7-5-4-6-8-20)21-11-15-38-16-12-21/h4-10,13-14,17-19,21,28,32H,3,11-12,15-16H2,1-2H3,(H,31,35)/t28-/m1/s1. The molecule has 0 amide bonds. The molecular weight excluding hydrogens is 512 g/mol. The zero-order valence-electron chi connectivity index (χ0n) is 22.0. The van der Waals surface area contributed by atoms with Crippen LogP contribution in [0.25, 0.3) is 32.9 Å². The number of aromatic hydroxyl groups is 1. The van der Waals surface area contributed by atoms with Crippen LogP contribution in [0.3, 0.4) is 0 Å². The third-order valence-corrected chi connectivity index (χ3v) is 9.11. The topological polar surface area (TPSA) is 98.4 Å². The van der Waals surface area contributed by atoms with Crippen molar-refractivity contribution in [3.8, 4) is 17.0 Å². The number of nitrogens with one attached hydrogen (secondary N) is 1. The van der Waals surface area contributed by atoms with Crippen LogP contribution in [-0.2, 0) is 21.8 Å². The Hall–Kier alpha value is -3.82. The van der Waals surface area contributed by atoms with E-state index in [-0.39, 0.29) is 17.7 Å². The molecule has 4 heterocycles. The summed E-state index contributed by atoms with van der Waals surface area (Å²) in [4.78, 5) is 4.05. The Kier molecular flexibility index (Phi) is 6.56. The molecule has 0 saturated carbocycles. The highest BCUT2D eigenvalue weighted by Gasteiger charge is 2.28. The molecular formula is C30H32N4O4S. The first-order valence-electron chi connectivity index (χ1n) is 13.3. The van der Waals surface area contributed by atoms with Crippen LogP contribution in [-0.4, -0.2) is 46.6 Å². The van der Waals surface area contributed by atoms with Gasteiger partial charge in [0.05, 0.1) is 23.0 Å². The van der Waals surface area contributed by atoms with Crippen molar-refractivity contribution in [2.75, 3.05) is 23.7 Å². The van der Waals surface area contributed by atoms with Crippen molar-refractivity contribution in [2.24, 2.45) is 13.0 Å². The molecule has 6 rings (SSSR count). The second-order valence-corrected chi connectivity index (χ2v) is 12.2. The van der Waals surface area contributed by atoms with E-state index in [1.54, 1.807) is 13.1 Å². The molecule has 0 spiro atoms. The quantitative estimate of drug-likeness (QED) is 0.275. The Morgan fingerprint density at radius 1 is 1.10 bits per heavy atom. The molecule has 8 nitrogen and oxygen atoms in total. The highest BCUT2D eigenvalue weighted by atomic mass is 32.2. The van der Waals surface area contributed by atoms with Crippen molar-refractivity contribution in [3.05, 3.63) is 78.8 Å². The van der Waals surface area contributed by atoms with Gasteiger partial charge in [-0.25, -0.2) is 13.4 Å². The van der Waals surface area contributed by atoms with E-state index in [2.05, 4.69) is 50.8 Å². The first-order chi connectivity index (χ1) is 18.9. The number of fused-ring (bicyclic) bond motifs is 2. The lowest BCUT2D eigenvalue weighted by molar-refractivity contribution is 0.0548. The van der Waals surface area contributed by atoms with E-state index in [1.807, 2.05) is 42.1 Å². The summed E-state index contributed by atoms with van der Waals surface area (Å²) < 4.78 is 38.2. The van der Waals surface area contributed by atoms with E-state index in [9.17, 15) is 13.5 Å². The molecule has 5 aromatic rings. The van der Waals surface area contributed by atoms with Crippen LogP contribution in [0.15, 0.2) is 73.2 Å². The summed E-state index contributed by atoms with van der Waals surface area (Å²) in [5.74, 6) is 0.306. The number of aryl methyl sites for hydroxylation is 1. The van der Waals surface area contributed by atoms with Gasteiger partial charge in [0.15, 0.2) is 0 Å². The number of ether oxygens (including phenoxy) is 1. The molecule has 1 saturated heterocycles. The van der Waals surface area contributed by atoms with Crippen LogP contribution in [0.1, 0.15) is 31.4 Å². The molecule has 1 aliphatic heterocycles. The Morgan fingerprint density at radius 3 is 2.62 bits per heavy atom. The molecule has 1 aliphatic rings. The average Bonchev–Trinajstić information content (AvgIpc) is 3.52. The predicted octanol–water partition coefficient (Wildman–Crippen LogP) is 5.68. The number of benzene rings is 2. The summed E-state index contributed by atoms with van der Waals surface area (Å²) in [6.45, 7) is 3.09. The average molecular weight is 545 g/mol. The number of aromatic nitrogens is 3. The summed E-state index contributed by atoms with van der Waals surface area (Å²) >= 11 is 0. The van der Waals surface area contributed by atoms with Crippen molar-refractivity contribution in [1.29, 1.82) is 0 Å². The molecule has 39 heavy (non-hydrogen) atoms. The number of hydrogen-bond acceptors (Lipinski definition) is 5. The van der Waals surface area contributed by atoms with Crippen molar-refractivity contribution >= 4 is 37.5 Å².